The number of benzene rings is 1. The number of primary amides is 1. The second-order valence-corrected chi connectivity index (χ2v) is 7.07. The highest BCUT2D eigenvalue weighted by molar-refractivity contribution is 5.87. The largest absolute Gasteiger partial charge is 0.369 e. The Labute approximate surface area is 149 Å². The second-order valence-electron chi connectivity index (χ2n) is 7.07. The number of para-hydroxylation sites is 1. The van der Waals surface area contributed by atoms with Gasteiger partial charge in [-0.05, 0) is 24.5 Å². The molecule has 6 nitrogen and oxygen atoms in total. The predicted molar refractivity (Wildman–Crippen MR) is 98.2 cm³/mol. The van der Waals surface area contributed by atoms with E-state index in [0.29, 0.717) is 25.3 Å². The number of carbonyl (C=O) groups excluding carboxylic acids is 2. The molecule has 2 amide bonds. The molecule has 0 spiro atoms. The van der Waals surface area contributed by atoms with Crippen LogP contribution in [0, 0.1) is 5.92 Å². The third-order valence-electron chi connectivity index (χ3n) is 5.34. The zero-order valence-electron chi connectivity index (χ0n) is 14.9. The Morgan fingerprint density at radius 3 is 2.48 bits per heavy atom. The van der Waals surface area contributed by atoms with E-state index in [2.05, 4.69) is 34.1 Å². The standard InChI is InChI=1S/C19H28N4O2/c1-2-17(19(20)25)23-14-15(12-18(23)24)13-21-8-10-22(11-9-21)16-6-4-3-5-7-16/h3-7,15,17H,2,8-14H2,1H3,(H2,20,25)/t15?,17-/m0/s1. The first-order valence-electron chi connectivity index (χ1n) is 9.19. The van der Waals surface area contributed by atoms with Crippen LogP contribution in [0.2, 0.25) is 0 Å². The molecule has 2 aliphatic rings. The molecule has 2 heterocycles. The first-order chi connectivity index (χ1) is 12.1. The lowest BCUT2D eigenvalue weighted by molar-refractivity contribution is -0.136. The van der Waals surface area contributed by atoms with Crippen molar-refractivity contribution in [2.75, 3.05) is 44.2 Å². The molecule has 136 valence electrons. The average Bonchev–Trinajstić information content (AvgIpc) is 2.97. The average molecular weight is 344 g/mol. The number of amides is 2. The lowest BCUT2D eigenvalue weighted by atomic mass is 10.1. The van der Waals surface area contributed by atoms with E-state index in [4.69, 9.17) is 5.73 Å². The summed E-state index contributed by atoms with van der Waals surface area (Å²) in [4.78, 5) is 30.3. The summed E-state index contributed by atoms with van der Waals surface area (Å²) in [6.45, 7) is 7.50. The van der Waals surface area contributed by atoms with Gasteiger partial charge in [-0.2, -0.15) is 0 Å². The topological polar surface area (TPSA) is 69.9 Å². The van der Waals surface area contributed by atoms with Crippen LogP contribution < -0.4 is 10.6 Å². The highest BCUT2D eigenvalue weighted by Gasteiger charge is 2.36. The third-order valence-corrected chi connectivity index (χ3v) is 5.34. The minimum Gasteiger partial charge on any atom is -0.369 e. The number of rotatable bonds is 6. The van der Waals surface area contributed by atoms with Crippen molar-refractivity contribution in [3.63, 3.8) is 0 Å². The highest BCUT2D eigenvalue weighted by atomic mass is 16.2. The van der Waals surface area contributed by atoms with E-state index in [1.165, 1.54) is 5.69 Å². The van der Waals surface area contributed by atoms with Crippen LogP contribution in [0.3, 0.4) is 0 Å². The molecule has 2 aliphatic heterocycles. The van der Waals surface area contributed by atoms with E-state index in [9.17, 15) is 9.59 Å². The van der Waals surface area contributed by atoms with Crippen LogP contribution in [0.15, 0.2) is 30.3 Å². The fourth-order valence-electron chi connectivity index (χ4n) is 4.00. The van der Waals surface area contributed by atoms with E-state index in [-0.39, 0.29) is 5.91 Å². The van der Waals surface area contributed by atoms with Gasteiger partial charge in [0.15, 0.2) is 0 Å². The highest BCUT2D eigenvalue weighted by Crippen LogP contribution is 2.23. The summed E-state index contributed by atoms with van der Waals surface area (Å²) in [5.74, 6) is -0.0317. The number of anilines is 1. The molecule has 6 heteroatoms. The van der Waals surface area contributed by atoms with Gasteiger partial charge < -0.3 is 15.5 Å². The van der Waals surface area contributed by atoms with E-state index < -0.39 is 11.9 Å². The molecule has 0 saturated carbocycles. The minimum absolute atomic E-state index is 0.0681. The monoisotopic (exact) mass is 344 g/mol. The van der Waals surface area contributed by atoms with Crippen molar-refractivity contribution in [3.05, 3.63) is 30.3 Å². The van der Waals surface area contributed by atoms with E-state index >= 15 is 0 Å². The molecule has 2 saturated heterocycles. The Morgan fingerprint density at radius 2 is 1.88 bits per heavy atom. The fraction of sp³-hybridized carbons (Fsp3) is 0.579. The zero-order chi connectivity index (χ0) is 17.8. The number of piperazine rings is 1. The van der Waals surface area contributed by atoms with Crippen LogP contribution in [-0.2, 0) is 9.59 Å². The van der Waals surface area contributed by atoms with Gasteiger partial charge in [0.1, 0.15) is 6.04 Å². The minimum atomic E-state index is -0.451. The van der Waals surface area contributed by atoms with Crippen molar-refractivity contribution in [2.24, 2.45) is 11.7 Å². The van der Waals surface area contributed by atoms with Crippen LogP contribution in [0.1, 0.15) is 19.8 Å². The maximum absolute atomic E-state index is 12.3. The number of likely N-dealkylation sites (tertiary alicyclic amines) is 1. The number of nitrogens with zero attached hydrogens (tertiary/aromatic N) is 3. The molecule has 1 aromatic carbocycles. The SMILES string of the molecule is CC[C@@H](C(N)=O)N1CC(CN2CCN(c3ccccc3)CC2)CC1=O. The van der Waals surface area contributed by atoms with Gasteiger partial charge in [0.05, 0.1) is 0 Å². The molecule has 0 bridgehead atoms. The number of hydrogen-bond acceptors (Lipinski definition) is 4. The smallest absolute Gasteiger partial charge is 0.240 e. The number of hydrogen-bond donors (Lipinski definition) is 1. The van der Waals surface area contributed by atoms with Crippen molar-refractivity contribution in [3.8, 4) is 0 Å². The molecule has 2 fully saturated rings. The molecule has 0 aromatic heterocycles. The van der Waals surface area contributed by atoms with Gasteiger partial charge in [0.2, 0.25) is 11.8 Å². The molecule has 1 unspecified atom stereocenters. The Bertz CT molecular complexity index is 599. The third kappa shape index (κ3) is 4.12. The maximum Gasteiger partial charge on any atom is 0.240 e. The van der Waals surface area contributed by atoms with Crippen LogP contribution >= 0.6 is 0 Å². The molecule has 2 atom stereocenters. The van der Waals surface area contributed by atoms with E-state index in [1.54, 1.807) is 4.90 Å². The number of carbonyl (C=O) groups is 2. The molecule has 0 radical (unpaired) electrons. The lowest BCUT2D eigenvalue weighted by Crippen LogP contribution is -2.48. The zero-order valence-corrected chi connectivity index (χ0v) is 14.9. The van der Waals surface area contributed by atoms with Crippen molar-refractivity contribution in [2.45, 2.75) is 25.8 Å². The van der Waals surface area contributed by atoms with Gasteiger partial charge in [-0.3, -0.25) is 14.5 Å². The summed E-state index contributed by atoms with van der Waals surface area (Å²) >= 11 is 0. The van der Waals surface area contributed by atoms with Crippen molar-refractivity contribution in [1.82, 2.24) is 9.80 Å². The first-order valence-corrected chi connectivity index (χ1v) is 9.19. The second kappa shape index (κ2) is 7.87. The molecule has 0 aliphatic carbocycles. The Hall–Kier alpha value is -2.08. The van der Waals surface area contributed by atoms with Gasteiger partial charge in [0, 0.05) is 51.4 Å². The Balaban J connectivity index is 1.50. The summed E-state index contributed by atoms with van der Waals surface area (Å²) in [7, 11) is 0. The Morgan fingerprint density at radius 1 is 1.20 bits per heavy atom. The summed E-state index contributed by atoms with van der Waals surface area (Å²) in [6.07, 6.45) is 1.12. The van der Waals surface area contributed by atoms with E-state index in [1.807, 2.05) is 13.0 Å². The van der Waals surface area contributed by atoms with Gasteiger partial charge in [-0.1, -0.05) is 25.1 Å². The van der Waals surface area contributed by atoms with Crippen molar-refractivity contribution >= 4 is 17.5 Å². The van der Waals surface area contributed by atoms with Crippen LogP contribution in [-0.4, -0.2) is 66.9 Å². The molecule has 2 N–H and O–H groups in total. The Kier molecular flexibility index (Phi) is 5.58. The van der Waals surface area contributed by atoms with Gasteiger partial charge in [-0.15, -0.1) is 0 Å². The summed E-state index contributed by atoms with van der Waals surface area (Å²) in [6, 6.07) is 10.0. The molecular formula is C19H28N4O2. The molecular weight excluding hydrogens is 316 g/mol. The van der Waals surface area contributed by atoms with Crippen LogP contribution in [0.5, 0.6) is 0 Å². The maximum atomic E-state index is 12.3. The van der Waals surface area contributed by atoms with Gasteiger partial charge in [-0.25, -0.2) is 0 Å². The van der Waals surface area contributed by atoms with Crippen molar-refractivity contribution < 1.29 is 9.59 Å². The predicted octanol–water partition coefficient (Wildman–Crippen LogP) is 0.921. The van der Waals surface area contributed by atoms with E-state index in [0.717, 1.165) is 32.7 Å². The van der Waals surface area contributed by atoms with Crippen LogP contribution in [0.25, 0.3) is 0 Å². The van der Waals surface area contributed by atoms with Gasteiger partial charge in [0.25, 0.3) is 0 Å². The summed E-state index contributed by atoms with van der Waals surface area (Å²) < 4.78 is 0. The molecule has 25 heavy (non-hydrogen) atoms. The van der Waals surface area contributed by atoms with Gasteiger partial charge >= 0.3 is 0 Å². The summed E-state index contributed by atoms with van der Waals surface area (Å²) in [5, 5.41) is 0. The van der Waals surface area contributed by atoms with Crippen LogP contribution in [0.4, 0.5) is 5.69 Å². The lowest BCUT2D eigenvalue weighted by Gasteiger charge is -2.37. The van der Waals surface area contributed by atoms with Crippen molar-refractivity contribution in [1.29, 1.82) is 0 Å². The fourth-order valence-corrected chi connectivity index (χ4v) is 4.00. The quantitative estimate of drug-likeness (QED) is 0.833. The normalized spacial score (nSPS) is 23.1. The summed E-state index contributed by atoms with van der Waals surface area (Å²) in [5.41, 5.74) is 6.72. The number of nitrogens with two attached hydrogens (primary N) is 1. The molecule has 1 aromatic rings. The first kappa shape index (κ1) is 17.7. The molecule has 3 rings (SSSR count).